The summed E-state index contributed by atoms with van der Waals surface area (Å²) in [6.45, 7) is 1.15. The number of likely N-dealkylation sites (N-methyl/N-ethyl adjacent to an activating group) is 1. The van der Waals surface area contributed by atoms with Crippen LogP contribution in [-0.4, -0.2) is 48.1 Å². The molecule has 1 unspecified atom stereocenters. The lowest BCUT2D eigenvalue weighted by Gasteiger charge is -2.19. The van der Waals surface area contributed by atoms with E-state index in [4.69, 9.17) is 4.42 Å². The van der Waals surface area contributed by atoms with Gasteiger partial charge in [-0.1, -0.05) is 30.3 Å². The number of carbonyl (C=O) groups is 1. The van der Waals surface area contributed by atoms with Crippen molar-refractivity contribution >= 4 is 28.5 Å². The number of phenols is 1. The van der Waals surface area contributed by atoms with Gasteiger partial charge in [-0.05, 0) is 55.6 Å². The van der Waals surface area contributed by atoms with Crippen LogP contribution in [0.1, 0.15) is 34.1 Å². The third kappa shape index (κ3) is 4.22. The highest BCUT2D eigenvalue weighted by molar-refractivity contribution is 6.25. The van der Waals surface area contributed by atoms with Crippen LogP contribution in [0.4, 0.5) is 0 Å². The summed E-state index contributed by atoms with van der Waals surface area (Å²) in [5.41, 5.74) is 2.90. The first-order valence-corrected chi connectivity index (χ1v) is 11.4. The van der Waals surface area contributed by atoms with Crippen LogP contribution in [0.2, 0.25) is 0 Å². The monoisotopic (exact) mass is 467 g/mol. The summed E-state index contributed by atoms with van der Waals surface area (Å²) >= 11 is 0. The van der Waals surface area contributed by atoms with E-state index in [0.717, 1.165) is 5.56 Å². The summed E-state index contributed by atoms with van der Waals surface area (Å²) in [6, 6.07) is 17.6. The van der Waals surface area contributed by atoms with Gasteiger partial charge in [-0.3, -0.25) is 14.6 Å². The average molecular weight is 468 g/mol. The number of aromatic hydroxyl groups is 1. The van der Waals surface area contributed by atoms with Crippen LogP contribution in [0.5, 0.6) is 5.75 Å². The summed E-state index contributed by atoms with van der Waals surface area (Å²) in [5, 5.41) is 13.3. The van der Waals surface area contributed by atoms with E-state index in [1.54, 1.807) is 12.3 Å². The fourth-order valence-electron chi connectivity index (χ4n) is 4.44. The number of rotatable bonds is 5. The number of phenolic OH excluding ortho intramolecular Hbond substituents is 1. The minimum Gasteiger partial charge on any atom is -0.508 e. The maximum absolute atomic E-state index is 13.7. The molecule has 176 valence electrons. The van der Waals surface area contributed by atoms with Gasteiger partial charge in [0.2, 0.25) is 0 Å². The van der Waals surface area contributed by atoms with Crippen LogP contribution >= 0.6 is 0 Å². The maximum atomic E-state index is 13.7. The number of hydrogen-bond donors (Lipinski definition) is 2. The van der Waals surface area contributed by atoms with Gasteiger partial charge in [-0.2, -0.15) is 0 Å². The molecular formula is C28H25N3O4. The van der Waals surface area contributed by atoms with E-state index >= 15 is 0 Å². The number of fused-ring (bicyclic) bond motifs is 3. The van der Waals surface area contributed by atoms with Crippen molar-refractivity contribution in [2.45, 2.75) is 5.92 Å². The molecule has 1 amide bonds. The highest BCUT2D eigenvalue weighted by Gasteiger charge is 2.32. The largest absolute Gasteiger partial charge is 0.508 e. The quantitative estimate of drug-likeness (QED) is 0.466. The predicted octanol–water partition coefficient (Wildman–Crippen LogP) is 3.61. The lowest BCUT2D eigenvalue weighted by atomic mass is 9.87. The second-order valence-corrected chi connectivity index (χ2v) is 8.78. The van der Waals surface area contributed by atoms with Crippen molar-refractivity contribution in [2.24, 2.45) is 0 Å². The topological polar surface area (TPSA) is 95.7 Å². The zero-order valence-corrected chi connectivity index (χ0v) is 19.5. The van der Waals surface area contributed by atoms with Crippen molar-refractivity contribution in [2.75, 3.05) is 27.2 Å². The molecule has 5 rings (SSSR count). The number of pyridine rings is 1. The zero-order valence-electron chi connectivity index (χ0n) is 19.5. The first-order valence-electron chi connectivity index (χ1n) is 11.4. The molecular weight excluding hydrogens is 442 g/mol. The van der Waals surface area contributed by atoms with Crippen LogP contribution in [0.15, 0.2) is 76.1 Å². The lowest BCUT2D eigenvalue weighted by Crippen LogP contribution is -2.32. The van der Waals surface area contributed by atoms with Gasteiger partial charge in [0, 0.05) is 30.9 Å². The van der Waals surface area contributed by atoms with Crippen molar-refractivity contribution in [3.63, 3.8) is 0 Å². The Morgan fingerprint density at radius 2 is 1.91 bits per heavy atom. The van der Waals surface area contributed by atoms with E-state index in [2.05, 4.69) is 10.3 Å². The minimum absolute atomic E-state index is 0.000472. The Bertz CT molecular complexity index is 1510. The first-order chi connectivity index (χ1) is 16.9. The maximum Gasteiger partial charge on any atom is 0.251 e. The highest BCUT2D eigenvalue weighted by atomic mass is 16.3. The number of nitrogens with zero attached hydrogens (tertiary/aromatic N) is 2. The van der Waals surface area contributed by atoms with E-state index in [1.807, 2.05) is 61.5 Å². The van der Waals surface area contributed by atoms with Crippen LogP contribution in [0.25, 0.3) is 22.6 Å². The molecule has 0 saturated heterocycles. The Morgan fingerprint density at radius 1 is 1.11 bits per heavy atom. The van der Waals surface area contributed by atoms with E-state index in [1.165, 1.54) is 18.2 Å². The molecule has 7 nitrogen and oxygen atoms in total. The molecule has 0 radical (unpaired) electrons. The standard InChI is InChI=1S/C28H25N3O4/c1-31(2)14-13-30-28(34)21-16-22-26(33)20-11-10-17(32)15-24(20)35-27(22)25(23-9-5-6-12-29-23)19-8-4-3-7-18(19)21/h3-12,15-16,25,32H,13-14H2,1-2H3,(H,30,34). The Hall–Kier alpha value is -4.23. The number of carbonyl (C=O) groups excluding carboxylic acids is 1. The predicted molar refractivity (Wildman–Crippen MR) is 135 cm³/mol. The molecule has 2 aromatic carbocycles. The first kappa shape index (κ1) is 22.6. The van der Waals surface area contributed by atoms with Crippen molar-refractivity contribution in [1.82, 2.24) is 15.2 Å². The molecule has 1 aliphatic rings. The molecule has 0 aliphatic heterocycles. The van der Waals surface area contributed by atoms with E-state index < -0.39 is 5.92 Å². The summed E-state index contributed by atoms with van der Waals surface area (Å²) in [6.07, 6.45) is 3.32. The molecule has 1 aliphatic carbocycles. The third-order valence-electron chi connectivity index (χ3n) is 6.13. The van der Waals surface area contributed by atoms with Crippen LogP contribution < -0.4 is 10.7 Å². The van der Waals surface area contributed by atoms with Gasteiger partial charge in [-0.25, -0.2) is 0 Å². The fourth-order valence-corrected chi connectivity index (χ4v) is 4.44. The number of hydrogen-bond acceptors (Lipinski definition) is 6. The molecule has 2 aromatic heterocycles. The average Bonchev–Trinajstić information content (AvgIpc) is 2.99. The summed E-state index contributed by atoms with van der Waals surface area (Å²) < 4.78 is 6.31. The highest BCUT2D eigenvalue weighted by Crippen LogP contribution is 2.41. The molecule has 0 spiro atoms. The van der Waals surface area contributed by atoms with Gasteiger partial charge in [0.15, 0.2) is 5.43 Å². The molecule has 4 aromatic rings. The zero-order chi connectivity index (χ0) is 24.5. The van der Waals surface area contributed by atoms with Crippen LogP contribution in [0, 0.1) is 0 Å². The van der Waals surface area contributed by atoms with Gasteiger partial charge in [-0.15, -0.1) is 0 Å². The fraction of sp³-hybridized carbons (Fsp3) is 0.179. The van der Waals surface area contributed by atoms with E-state index in [-0.39, 0.29) is 22.7 Å². The van der Waals surface area contributed by atoms with Crippen molar-refractivity contribution in [3.05, 3.63) is 105 Å². The summed E-state index contributed by atoms with van der Waals surface area (Å²) in [4.78, 5) is 33.6. The van der Waals surface area contributed by atoms with Gasteiger partial charge < -0.3 is 19.7 Å². The van der Waals surface area contributed by atoms with Crippen molar-refractivity contribution < 1.29 is 14.3 Å². The number of nitrogens with one attached hydrogen (secondary N) is 1. The SMILES string of the molecule is CN(C)CCNC(=O)C1=Cc2c(oc3cc(O)ccc3c2=O)C(c2ccccn2)c2ccccc21. The number of aromatic nitrogens is 1. The van der Waals surface area contributed by atoms with Gasteiger partial charge in [0.25, 0.3) is 5.91 Å². The Labute approximate surface area is 202 Å². The Kier molecular flexibility index (Phi) is 5.93. The molecule has 35 heavy (non-hydrogen) atoms. The second kappa shape index (κ2) is 9.19. The van der Waals surface area contributed by atoms with E-state index in [0.29, 0.717) is 46.6 Å². The molecule has 2 N–H and O–H groups in total. The molecule has 0 saturated carbocycles. The Morgan fingerprint density at radius 3 is 2.69 bits per heavy atom. The normalized spacial score (nSPS) is 14.7. The molecule has 1 atom stereocenters. The third-order valence-corrected chi connectivity index (χ3v) is 6.13. The molecule has 0 bridgehead atoms. The number of benzene rings is 2. The Balaban J connectivity index is 1.79. The second-order valence-electron chi connectivity index (χ2n) is 8.78. The number of amides is 1. The van der Waals surface area contributed by atoms with Crippen molar-refractivity contribution in [1.29, 1.82) is 0 Å². The van der Waals surface area contributed by atoms with Crippen molar-refractivity contribution in [3.8, 4) is 5.75 Å². The molecule has 7 heteroatoms. The molecule has 0 fully saturated rings. The summed E-state index contributed by atoms with van der Waals surface area (Å²) in [7, 11) is 3.88. The van der Waals surface area contributed by atoms with Crippen LogP contribution in [0.3, 0.4) is 0 Å². The summed E-state index contributed by atoms with van der Waals surface area (Å²) in [5.74, 6) is -0.404. The van der Waals surface area contributed by atoms with E-state index in [9.17, 15) is 14.7 Å². The lowest BCUT2D eigenvalue weighted by molar-refractivity contribution is -0.115. The van der Waals surface area contributed by atoms with Gasteiger partial charge >= 0.3 is 0 Å². The smallest absolute Gasteiger partial charge is 0.251 e. The van der Waals surface area contributed by atoms with Gasteiger partial charge in [0.1, 0.15) is 17.1 Å². The minimum atomic E-state index is -0.523. The molecule has 2 heterocycles. The van der Waals surface area contributed by atoms with Gasteiger partial charge in [0.05, 0.1) is 22.6 Å². The van der Waals surface area contributed by atoms with Crippen LogP contribution in [-0.2, 0) is 4.79 Å².